The zero-order chi connectivity index (χ0) is 7.90. The van der Waals surface area contributed by atoms with Gasteiger partial charge in [-0.1, -0.05) is 0 Å². The predicted octanol–water partition coefficient (Wildman–Crippen LogP) is 0.413. The number of aliphatic hydroxyl groups is 1. The lowest BCUT2D eigenvalue weighted by Gasteiger charge is -2.40. The van der Waals surface area contributed by atoms with Crippen LogP contribution in [0.25, 0.3) is 0 Å². The van der Waals surface area contributed by atoms with Crippen LogP contribution in [0.3, 0.4) is 0 Å². The van der Waals surface area contributed by atoms with Gasteiger partial charge in [0.1, 0.15) is 6.67 Å². The summed E-state index contributed by atoms with van der Waals surface area (Å²) in [5, 5.41) is 9.10. The zero-order valence-electron chi connectivity index (χ0n) is 6.59. The molecule has 3 heteroatoms. The maximum Gasteiger partial charge on any atom is 0.102 e. The minimum absolute atomic E-state index is 0.00322. The Labute approximate surface area is 66.0 Å². The van der Waals surface area contributed by atoms with Crippen molar-refractivity contribution in [1.29, 1.82) is 0 Å². The van der Waals surface area contributed by atoms with Crippen LogP contribution >= 0.6 is 0 Å². The minimum Gasteiger partial charge on any atom is -0.394 e. The van der Waals surface area contributed by atoms with Gasteiger partial charge in [-0.2, -0.15) is 0 Å². The minimum atomic E-state index is -0.283. The van der Waals surface area contributed by atoms with E-state index in [1.165, 1.54) is 0 Å². The van der Waals surface area contributed by atoms with Gasteiger partial charge in [-0.05, 0) is 18.8 Å². The summed E-state index contributed by atoms with van der Waals surface area (Å²) < 4.78 is 12.0. The number of halogens is 1. The second-order valence-electron chi connectivity index (χ2n) is 3.79. The topological polar surface area (TPSA) is 23.5 Å². The molecular formula is C8H14FNO. The lowest BCUT2D eigenvalue weighted by molar-refractivity contribution is 0.0350. The monoisotopic (exact) mass is 159 g/mol. The molecule has 0 aromatic rings. The molecule has 1 N–H and O–H groups in total. The number of nitrogens with zero attached hydrogens (tertiary/aromatic N) is 1. The highest BCUT2D eigenvalue weighted by Crippen LogP contribution is 2.49. The molecule has 64 valence electrons. The molecule has 3 aliphatic rings. The smallest absolute Gasteiger partial charge is 0.102 e. The van der Waals surface area contributed by atoms with Gasteiger partial charge < -0.3 is 5.11 Å². The lowest BCUT2D eigenvalue weighted by atomic mass is 9.74. The molecular weight excluding hydrogens is 145 g/mol. The van der Waals surface area contributed by atoms with Gasteiger partial charge in [0.2, 0.25) is 0 Å². The Balaban J connectivity index is 2.00. The van der Waals surface area contributed by atoms with Gasteiger partial charge in [0.15, 0.2) is 0 Å². The molecule has 1 aliphatic carbocycles. The molecule has 3 rings (SSSR count). The van der Waals surface area contributed by atoms with Crippen LogP contribution in [0.5, 0.6) is 0 Å². The fraction of sp³-hybridized carbons (Fsp3) is 1.00. The molecule has 11 heavy (non-hydrogen) atoms. The van der Waals surface area contributed by atoms with Crippen LogP contribution in [-0.2, 0) is 0 Å². The van der Waals surface area contributed by atoms with Crippen molar-refractivity contribution in [3.8, 4) is 0 Å². The number of rotatable bonds is 3. The third-order valence-electron chi connectivity index (χ3n) is 3.14. The Hall–Kier alpha value is -0.150. The van der Waals surface area contributed by atoms with E-state index in [1.54, 1.807) is 0 Å². The molecule has 0 aromatic heterocycles. The molecule has 0 atom stereocenters. The van der Waals surface area contributed by atoms with E-state index >= 15 is 0 Å². The number of hydrogen-bond acceptors (Lipinski definition) is 2. The molecule has 2 heterocycles. The number of aliphatic hydroxyl groups excluding tert-OH is 1. The SMILES string of the molecule is OCC12CC(CN1CCF)C2. The highest BCUT2D eigenvalue weighted by molar-refractivity contribution is 5.09. The molecule has 0 radical (unpaired) electrons. The van der Waals surface area contributed by atoms with Crippen molar-refractivity contribution in [2.24, 2.45) is 5.92 Å². The standard InChI is InChI=1S/C8H14FNO/c9-1-2-10-5-7-3-8(10,4-7)6-11/h7,11H,1-6H2. The Kier molecular flexibility index (Phi) is 1.65. The van der Waals surface area contributed by atoms with Gasteiger partial charge in [-0.25, -0.2) is 4.39 Å². The van der Waals surface area contributed by atoms with E-state index in [2.05, 4.69) is 4.90 Å². The van der Waals surface area contributed by atoms with Gasteiger partial charge >= 0.3 is 0 Å². The zero-order valence-corrected chi connectivity index (χ0v) is 6.59. The number of fused-ring (bicyclic) bond motifs is 1. The molecule has 2 aliphatic heterocycles. The number of hydrogen-bond donors (Lipinski definition) is 1. The molecule has 2 bridgehead atoms. The quantitative estimate of drug-likeness (QED) is 0.645. The summed E-state index contributed by atoms with van der Waals surface area (Å²) in [6.45, 7) is 1.44. The molecule has 0 unspecified atom stereocenters. The van der Waals surface area contributed by atoms with Crippen LogP contribution in [0.4, 0.5) is 4.39 Å². The van der Waals surface area contributed by atoms with E-state index < -0.39 is 0 Å². The van der Waals surface area contributed by atoms with Crippen molar-refractivity contribution >= 4 is 0 Å². The van der Waals surface area contributed by atoms with Gasteiger partial charge in [-0.3, -0.25) is 4.90 Å². The molecule has 2 saturated heterocycles. The average Bonchev–Trinajstić information content (AvgIpc) is 2.41. The van der Waals surface area contributed by atoms with Crippen LogP contribution in [0.1, 0.15) is 12.8 Å². The largest absolute Gasteiger partial charge is 0.394 e. The average molecular weight is 159 g/mol. The Bertz CT molecular complexity index is 156. The van der Waals surface area contributed by atoms with Gasteiger partial charge in [0.25, 0.3) is 0 Å². The Morgan fingerprint density at radius 2 is 2.27 bits per heavy atom. The van der Waals surface area contributed by atoms with E-state index in [9.17, 15) is 4.39 Å². The molecule has 1 saturated carbocycles. The lowest BCUT2D eigenvalue weighted by Crippen LogP contribution is -2.49. The first-order chi connectivity index (χ1) is 5.30. The van der Waals surface area contributed by atoms with Crippen LogP contribution in [0.15, 0.2) is 0 Å². The van der Waals surface area contributed by atoms with Crippen LogP contribution in [-0.4, -0.2) is 41.9 Å². The van der Waals surface area contributed by atoms with Crippen LogP contribution < -0.4 is 0 Å². The van der Waals surface area contributed by atoms with Crippen molar-refractivity contribution in [1.82, 2.24) is 4.90 Å². The number of alkyl halides is 1. The molecule has 3 fully saturated rings. The normalized spacial score (nSPS) is 42.5. The van der Waals surface area contributed by atoms with Crippen LogP contribution in [0.2, 0.25) is 0 Å². The molecule has 0 amide bonds. The maximum absolute atomic E-state index is 12.0. The highest BCUT2D eigenvalue weighted by atomic mass is 19.1. The molecule has 0 aromatic carbocycles. The summed E-state index contributed by atoms with van der Waals surface area (Å²) in [6.07, 6.45) is 2.17. The summed E-state index contributed by atoms with van der Waals surface area (Å²) >= 11 is 0. The van der Waals surface area contributed by atoms with Crippen LogP contribution in [0, 0.1) is 5.92 Å². The van der Waals surface area contributed by atoms with Crippen molar-refractivity contribution in [3.05, 3.63) is 0 Å². The molecule has 0 spiro atoms. The van der Waals surface area contributed by atoms with Crippen molar-refractivity contribution < 1.29 is 9.50 Å². The van der Waals surface area contributed by atoms with E-state index in [0.717, 1.165) is 25.3 Å². The predicted molar refractivity (Wildman–Crippen MR) is 40.1 cm³/mol. The van der Waals surface area contributed by atoms with E-state index in [4.69, 9.17) is 5.11 Å². The van der Waals surface area contributed by atoms with E-state index in [0.29, 0.717) is 6.54 Å². The fourth-order valence-corrected chi connectivity index (χ4v) is 2.57. The van der Waals surface area contributed by atoms with E-state index in [1.807, 2.05) is 0 Å². The summed E-state index contributed by atoms with van der Waals surface area (Å²) in [7, 11) is 0. The van der Waals surface area contributed by atoms with Crippen molar-refractivity contribution in [2.75, 3.05) is 26.4 Å². The maximum atomic E-state index is 12.0. The first-order valence-electron chi connectivity index (χ1n) is 4.22. The second kappa shape index (κ2) is 2.42. The summed E-state index contributed by atoms with van der Waals surface area (Å²) in [6, 6.07) is 0. The van der Waals surface area contributed by atoms with Crippen molar-refractivity contribution in [3.63, 3.8) is 0 Å². The Morgan fingerprint density at radius 1 is 1.55 bits per heavy atom. The summed E-state index contributed by atoms with van der Waals surface area (Å²) in [4.78, 5) is 2.11. The first-order valence-corrected chi connectivity index (χ1v) is 4.22. The first kappa shape index (κ1) is 7.50. The Morgan fingerprint density at radius 3 is 2.82 bits per heavy atom. The summed E-state index contributed by atoms with van der Waals surface area (Å²) in [5.74, 6) is 0.744. The van der Waals surface area contributed by atoms with E-state index in [-0.39, 0.29) is 18.8 Å². The fourth-order valence-electron chi connectivity index (χ4n) is 2.57. The third-order valence-corrected chi connectivity index (χ3v) is 3.14. The van der Waals surface area contributed by atoms with Crippen molar-refractivity contribution in [2.45, 2.75) is 18.4 Å². The van der Waals surface area contributed by atoms with Gasteiger partial charge in [-0.15, -0.1) is 0 Å². The third kappa shape index (κ3) is 0.908. The second-order valence-corrected chi connectivity index (χ2v) is 3.79. The molecule has 2 nitrogen and oxygen atoms in total. The van der Waals surface area contributed by atoms with Gasteiger partial charge in [0, 0.05) is 18.6 Å². The van der Waals surface area contributed by atoms with Gasteiger partial charge in [0.05, 0.1) is 6.61 Å². The summed E-state index contributed by atoms with van der Waals surface area (Å²) in [5.41, 5.74) is -0.00322. The highest BCUT2D eigenvalue weighted by Gasteiger charge is 2.54.